The molecule has 3 rings (SSSR count). The van der Waals surface area contributed by atoms with Crippen LogP contribution >= 0.6 is 11.6 Å². The molecule has 3 nitrogen and oxygen atoms in total. The van der Waals surface area contributed by atoms with Crippen LogP contribution in [0, 0.1) is 11.7 Å². The normalized spacial score (nSPS) is 28.2. The van der Waals surface area contributed by atoms with E-state index in [9.17, 15) is 9.18 Å². The lowest BCUT2D eigenvalue weighted by molar-refractivity contribution is -0.123. The lowest BCUT2D eigenvalue weighted by atomic mass is 9.85. The molecule has 0 bridgehead atoms. The molecule has 3 unspecified atom stereocenters. The summed E-state index contributed by atoms with van der Waals surface area (Å²) in [6.45, 7) is 0.179. The van der Waals surface area contributed by atoms with Crippen LogP contribution in [0.25, 0.3) is 0 Å². The van der Waals surface area contributed by atoms with Crippen LogP contribution in [0.3, 0.4) is 0 Å². The van der Waals surface area contributed by atoms with Gasteiger partial charge in [0.25, 0.3) is 0 Å². The van der Waals surface area contributed by atoms with Crippen molar-refractivity contribution in [3.8, 4) is 0 Å². The molecule has 114 valence electrons. The first-order chi connectivity index (χ1) is 10.1. The number of hydrogen-bond acceptors (Lipinski definition) is 2. The summed E-state index contributed by atoms with van der Waals surface area (Å²) in [4.78, 5) is 12.2. The zero-order valence-electron chi connectivity index (χ0n) is 11.9. The Morgan fingerprint density at radius 3 is 3.00 bits per heavy atom. The number of carbonyl (C=O) groups excluding carboxylic acids is 1. The molecule has 1 amide bonds. The van der Waals surface area contributed by atoms with Gasteiger partial charge in [-0.3, -0.25) is 4.79 Å². The molecule has 0 aromatic heterocycles. The van der Waals surface area contributed by atoms with Crippen molar-refractivity contribution in [1.82, 2.24) is 10.6 Å². The quantitative estimate of drug-likeness (QED) is 0.901. The number of carbonyl (C=O) groups is 1. The van der Waals surface area contributed by atoms with Gasteiger partial charge in [0.15, 0.2) is 0 Å². The van der Waals surface area contributed by atoms with Crippen molar-refractivity contribution in [1.29, 1.82) is 0 Å². The Kier molecular flexibility index (Phi) is 4.45. The first kappa shape index (κ1) is 14.8. The highest BCUT2D eigenvalue weighted by atomic mass is 35.5. The van der Waals surface area contributed by atoms with Gasteiger partial charge in [-0.25, -0.2) is 4.39 Å². The molecule has 1 saturated heterocycles. The molecular formula is C16H20ClFN2O. The van der Waals surface area contributed by atoms with Gasteiger partial charge in [0.1, 0.15) is 5.82 Å². The summed E-state index contributed by atoms with van der Waals surface area (Å²) in [5.74, 6) is 0.133. The zero-order valence-corrected chi connectivity index (χ0v) is 12.6. The maximum absolute atomic E-state index is 13.8. The van der Waals surface area contributed by atoms with Crippen LogP contribution in [-0.4, -0.2) is 18.0 Å². The maximum Gasteiger partial charge on any atom is 0.237 e. The molecule has 1 saturated carbocycles. The van der Waals surface area contributed by atoms with E-state index in [4.69, 9.17) is 11.6 Å². The van der Waals surface area contributed by atoms with Gasteiger partial charge in [-0.1, -0.05) is 36.6 Å². The minimum Gasteiger partial charge on any atom is -0.351 e. The first-order valence-corrected chi connectivity index (χ1v) is 7.99. The molecule has 2 fully saturated rings. The summed E-state index contributed by atoms with van der Waals surface area (Å²) in [5, 5.41) is 6.33. The summed E-state index contributed by atoms with van der Waals surface area (Å²) in [6, 6.07) is 5.18. The molecule has 1 aliphatic heterocycles. The second-order valence-corrected chi connectivity index (χ2v) is 6.44. The van der Waals surface area contributed by atoms with Crippen LogP contribution in [0.5, 0.6) is 0 Å². The van der Waals surface area contributed by atoms with Gasteiger partial charge in [0, 0.05) is 18.2 Å². The fourth-order valence-corrected chi connectivity index (χ4v) is 3.71. The van der Waals surface area contributed by atoms with E-state index in [1.54, 1.807) is 12.1 Å². The zero-order chi connectivity index (χ0) is 14.8. The van der Waals surface area contributed by atoms with Crippen molar-refractivity contribution in [3.05, 3.63) is 34.6 Å². The Bertz CT molecular complexity index is 523. The highest BCUT2D eigenvalue weighted by Gasteiger charge is 2.38. The Labute approximate surface area is 129 Å². The molecule has 0 radical (unpaired) electrons. The number of amides is 1. The van der Waals surface area contributed by atoms with Crippen LogP contribution in [0.1, 0.15) is 37.7 Å². The highest BCUT2D eigenvalue weighted by Crippen LogP contribution is 2.33. The van der Waals surface area contributed by atoms with Crippen molar-refractivity contribution in [2.24, 2.45) is 5.92 Å². The van der Waals surface area contributed by atoms with Crippen LogP contribution in [-0.2, 0) is 11.3 Å². The van der Waals surface area contributed by atoms with Crippen molar-refractivity contribution < 1.29 is 9.18 Å². The molecule has 5 heteroatoms. The highest BCUT2D eigenvalue weighted by molar-refractivity contribution is 6.30. The van der Waals surface area contributed by atoms with Gasteiger partial charge in [0.2, 0.25) is 5.91 Å². The van der Waals surface area contributed by atoms with E-state index >= 15 is 0 Å². The number of hydrogen-bond donors (Lipinski definition) is 2. The van der Waals surface area contributed by atoms with Crippen LogP contribution in [0.4, 0.5) is 4.39 Å². The smallest absolute Gasteiger partial charge is 0.237 e. The lowest BCUT2D eigenvalue weighted by Gasteiger charge is -2.24. The molecule has 2 N–H and O–H groups in total. The van der Waals surface area contributed by atoms with Gasteiger partial charge in [0.05, 0.1) is 11.1 Å². The second-order valence-electron chi connectivity index (χ2n) is 6.04. The molecule has 2 aliphatic rings. The largest absolute Gasteiger partial charge is 0.351 e. The second kappa shape index (κ2) is 6.32. The Balaban J connectivity index is 1.56. The van der Waals surface area contributed by atoms with Crippen molar-refractivity contribution in [3.63, 3.8) is 0 Å². The monoisotopic (exact) mass is 310 g/mol. The number of halogens is 2. The van der Waals surface area contributed by atoms with E-state index in [1.165, 1.54) is 25.3 Å². The van der Waals surface area contributed by atoms with Gasteiger partial charge in [-0.05, 0) is 31.2 Å². The summed E-state index contributed by atoms with van der Waals surface area (Å²) in [7, 11) is 0. The standard InChI is InChI=1S/C16H20ClFN2O/c17-12-6-3-5-11(15(12)18)9-19-16(21)14-8-10-4-1-2-7-13(10)20-14/h3,5-6,10,13-14,20H,1-2,4,7-9H2,(H,19,21). The predicted molar refractivity (Wildman–Crippen MR) is 80.5 cm³/mol. The number of nitrogens with one attached hydrogen (secondary N) is 2. The number of fused-ring (bicyclic) bond motifs is 1. The minimum atomic E-state index is -0.451. The summed E-state index contributed by atoms with van der Waals surface area (Å²) in [5.41, 5.74) is 0.422. The Hall–Kier alpha value is -1.13. The molecule has 1 aromatic rings. The summed E-state index contributed by atoms with van der Waals surface area (Å²) < 4.78 is 13.8. The molecular weight excluding hydrogens is 291 g/mol. The van der Waals surface area contributed by atoms with Crippen LogP contribution in [0.2, 0.25) is 5.02 Å². The first-order valence-electron chi connectivity index (χ1n) is 7.62. The van der Waals surface area contributed by atoms with Crippen molar-refractivity contribution in [2.45, 2.75) is 50.7 Å². The average Bonchev–Trinajstić information content (AvgIpc) is 2.92. The topological polar surface area (TPSA) is 41.1 Å². The Morgan fingerprint density at radius 2 is 2.19 bits per heavy atom. The molecule has 0 spiro atoms. The SMILES string of the molecule is O=C(NCc1cccc(Cl)c1F)C1CC2CCCCC2N1. The fraction of sp³-hybridized carbons (Fsp3) is 0.562. The lowest BCUT2D eigenvalue weighted by Crippen LogP contribution is -2.43. The maximum atomic E-state index is 13.8. The van der Waals surface area contributed by atoms with Gasteiger partial charge in [-0.15, -0.1) is 0 Å². The van der Waals surface area contributed by atoms with Crippen molar-refractivity contribution >= 4 is 17.5 Å². The third-order valence-corrected chi connectivity index (χ3v) is 4.96. The van der Waals surface area contributed by atoms with Gasteiger partial charge < -0.3 is 10.6 Å². The van der Waals surface area contributed by atoms with Gasteiger partial charge >= 0.3 is 0 Å². The average molecular weight is 311 g/mol. The van der Waals surface area contributed by atoms with E-state index < -0.39 is 5.82 Å². The van der Waals surface area contributed by atoms with E-state index in [-0.39, 0.29) is 23.5 Å². The third-order valence-electron chi connectivity index (χ3n) is 4.66. The molecule has 1 heterocycles. The molecule has 1 aromatic carbocycles. The molecule has 21 heavy (non-hydrogen) atoms. The Morgan fingerprint density at radius 1 is 1.38 bits per heavy atom. The fourth-order valence-electron chi connectivity index (χ4n) is 3.51. The van der Waals surface area contributed by atoms with E-state index in [2.05, 4.69) is 10.6 Å². The summed E-state index contributed by atoms with van der Waals surface area (Å²) >= 11 is 5.74. The molecule has 1 aliphatic carbocycles. The number of benzene rings is 1. The van der Waals surface area contributed by atoms with Gasteiger partial charge in [-0.2, -0.15) is 0 Å². The van der Waals surface area contributed by atoms with E-state index in [0.717, 1.165) is 12.8 Å². The van der Waals surface area contributed by atoms with E-state index in [1.807, 2.05) is 0 Å². The molecule has 3 atom stereocenters. The number of rotatable bonds is 3. The van der Waals surface area contributed by atoms with E-state index in [0.29, 0.717) is 17.5 Å². The minimum absolute atomic E-state index is 0.0382. The van der Waals surface area contributed by atoms with Crippen LogP contribution in [0.15, 0.2) is 18.2 Å². The predicted octanol–water partition coefficient (Wildman–Crippen LogP) is 3.02. The van der Waals surface area contributed by atoms with Crippen molar-refractivity contribution in [2.75, 3.05) is 0 Å². The summed E-state index contributed by atoms with van der Waals surface area (Å²) in [6.07, 6.45) is 5.79. The van der Waals surface area contributed by atoms with Crippen LogP contribution < -0.4 is 10.6 Å². The third kappa shape index (κ3) is 3.22.